The lowest BCUT2D eigenvalue weighted by Gasteiger charge is -2.06. The van der Waals surface area contributed by atoms with Crippen molar-refractivity contribution in [2.45, 2.75) is 11.9 Å². The third kappa shape index (κ3) is 4.14. The normalized spacial score (nSPS) is 10.2. The molecule has 0 aliphatic rings. The third-order valence-electron chi connectivity index (χ3n) is 2.60. The lowest BCUT2D eigenvalue weighted by Crippen LogP contribution is -2.22. The van der Waals surface area contributed by atoms with E-state index in [2.05, 4.69) is 42.2 Å². The van der Waals surface area contributed by atoms with Gasteiger partial charge in [0, 0.05) is 28.7 Å². The Kier molecular flexibility index (Phi) is 5.10. The van der Waals surface area contributed by atoms with Gasteiger partial charge in [-0.05, 0) is 33.1 Å². The summed E-state index contributed by atoms with van der Waals surface area (Å²) < 4.78 is 0.793. The van der Waals surface area contributed by atoms with Crippen LogP contribution in [0.25, 0.3) is 0 Å². The number of carbonyl (C=O) groups excluding carboxylic acids is 1. The minimum absolute atomic E-state index is 0.127. The Hall–Kier alpha value is -1.20. The molecule has 19 heavy (non-hydrogen) atoms. The van der Waals surface area contributed by atoms with Gasteiger partial charge in [-0.2, -0.15) is 0 Å². The van der Waals surface area contributed by atoms with Crippen LogP contribution in [-0.4, -0.2) is 10.9 Å². The molecule has 0 aliphatic carbocycles. The third-order valence-corrected chi connectivity index (χ3v) is 3.68. The summed E-state index contributed by atoms with van der Waals surface area (Å²) in [5.74, 6) is -0.127. The van der Waals surface area contributed by atoms with E-state index < -0.39 is 0 Å². The summed E-state index contributed by atoms with van der Waals surface area (Å²) in [7, 11) is 0. The summed E-state index contributed by atoms with van der Waals surface area (Å²) in [4.78, 5) is 15.9. The SMILES string of the molecule is O=C(NCc1ccc(CBr)cc1)c1cncc(Br)c1. The topological polar surface area (TPSA) is 42.0 Å². The van der Waals surface area contributed by atoms with Crippen molar-refractivity contribution in [3.05, 3.63) is 63.9 Å². The van der Waals surface area contributed by atoms with Crippen molar-refractivity contribution in [1.82, 2.24) is 10.3 Å². The Labute approximate surface area is 128 Å². The molecule has 1 aromatic carbocycles. The van der Waals surface area contributed by atoms with Crippen LogP contribution in [0.4, 0.5) is 0 Å². The summed E-state index contributed by atoms with van der Waals surface area (Å²) in [6, 6.07) is 9.84. The largest absolute Gasteiger partial charge is 0.348 e. The summed E-state index contributed by atoms with van der Waals surface area (Å²) in [5, 5.41) is 3.71. The van der Waals surface area contributed by atoms with Crippen LogP contribution in [0, 0.1) is 0 Å². The first kappa shape index (κ1) is 14.2. The van der Waals surface area contributed by atoms with Crippen molar-refractivity contribution in [2.75, 3.05) is 0 Å². The van der Waals surface area contributed by atoms with E-state index in [1.807, 2.05) is 24.3 Å². The molecule has 98 valence electrons. The number of amides is 1. The van der Waals surface area contributed by atoms with Crippen molar-refractivity contribution in [1.29, 1.82) is 0 Å². The van der Waals surface area contributed by atoms with Gasteiger partial charge in [-0.25, -0.2) is 0 Å². The number of pyridine rings is 1. The molecule has 2 rings (SSSR count). The second-order valence-corrected chi connectivity index (χ2v) is 5.50. The molecule has 0 saturated carbocycles. The minimum Gasteiger partial charge on any atom is -0.348 e. The van der Waals surface area contributed by atoms with Crippen LogP contribution >= 0.6 is 31.9 Å². The van der Waals surface area contributed by atoms with Gasteiger partial charge in [-0.15, -0.1) is 0 Å². The first-order valence-corrected chi connectivity index (χ1v) is 7.63. The summed E-state index contributed by atoms with van der Waals surface area (Å²) in [5.41, 5.74) is 2.83. The van der Waals surface area contributed by atoms with E-state index >= 15 is 0 Å². The molecule has 2 aromatic rings. The molecule has 1 aromatic heterocycles. The quantitative estimate of drug-likeness (QED) is 0.818. The summed E-state index contributed by atoms with van der Waals surface area (Å²) in [6.07, 6.45) is 3.20. The fourth-order valence-electron chi connectivity index (χ4n) is 1.57. The van der Waals surface area contributed by atoms with Crippen LogP contribution in [0.5, 0.6) is 0 Å². The van der Waals surface area contributed by atoms with E-state index in [0.717, 1.165) is 15.4 Å². The predicted molar refractivity (Wildman–Crippen MR) is 82.2 cm³/mol. The maximum atomic E-state index is 11.9. The molecular weight excluding hydrogens is 372 g/mol. The van der Waals surface area contributed by atoms with E-state index in [0.29, 0.717) is 12.1 Å². The van der Waals surface area contributed by atoms with Crippen molar-refractivity contribution in [3.63, 3.8) is 0 Å². The number of nitrogens with zero attached hydrogens (tertiary/aromatic N) is 1. The van der Waals surface area contributed by atoms with E-state index in [9.17, 15) is 4.79 Å². The molecular formula is C14H12Br2N2O. The Morgan fingerprint density at radius 3 is 2.47 bits per heavy atom. The maximum Gasteiger partial charge on any atom is 0.253 e. The number of hydrogen-bond donors (Lipinski definition) is 1. The molecule has 0 saturated heterocycles. The number of halogens is 2. The number of aromatic nitrogens is 1. The molecule has 0 aliphatic heterocycles. The minimum atomic E-state index is -0.127. The Bertz CT molecular complexity index is 570. The highest BCUT2D eigenvalue weighted by Gasteiger charge is 2.06. The van der Waals surface area contributed by atoms with E-state index in [-0.39, 0.29) is 5.91 Å². The van der Waals surface area contributed by atoms with Crippen molar-refractivity contribution in [2.24, 2.45) is 0 Å². The van der Waals surface area contributed by atoms with E-state index in [1.165, 1.54) is 5.56 Å². The zero-order chi connectivity index (χ0) is 13.7. The number of hydrogen-bond acceptors (Lipinski definition) is 2. The van der Waals surface area contributed by atoms with Gasteiger partial charge in [-0.3, -0.25) is 9.78 Å². The van der Waals surface area contributed by atoms with Gasteiger partial charge in [0.05, 0.1) is 5.56 Å². The standard InChI is InChI=1S/C14H12Br2N2O/c15-6-10-1-3-11(4-2-10)7-18-14(19)12-5-13(16)9-17-8-12/h1-5,8-9H,6-7H2,(H,18,19). The molecule has 0 fully saturated rings. The molecule has 0 atom stereocenters. The monoisotopic (exact) mass is 382 g/mol. The number of rotatable bonds is 4. The molecule has 1 amide bonds. The molecule has 1 heterocycles. The fraction of sp³-hybridized carbons (Fsp3) is 0.143. The second kappa shape index (κ2) is 6.82. The van der Waals surface area contributed by atoms with Crippen LogP contribution in [0.1, 0.15) is 21.5 Å². The zero-order valence-corrected chi connectivity index (χ0v) is 13.2. The molecule has 0 unspecified atom stereocenters. The van der Waals surface area contributed by atoms with Crippen LogP contribution in [-0.2, 0) is 11.9 Å². The van der Waals surface area contributed by atoms with Crippen LogP contribution in [0.15, 0.2) is 47.2 Å². The molecule has 0 spiro atoms. The molecule has 0 radical (unpaired) electrons. The predicted octanol–water partition coefficient (Wildman–Crippen LogP) is 3.67. The Morgan fingerprint density at radius 2 is 1.84 bits per heavy atom. The van der Waals surface area contributed by atoms with Gasteiger partial charge in [0.2, 0.25) is 0 Å². The highest BCUT2D eigenvalue weighted by atomic mass is 79.9. The smallest absolute Gasteiger partial charge is 0.253 e. The molecule has 3 nitrogen and oxygen atoms in total. The van der Waals surface area contributed by atoms with Gasteiger partial charge in [0.15, 0.2) is 0 Å². The lowest BCUT2D eigenvalue weighted by molar-refractivity contribution is 0.0950. The zero-order valence-electron chi connectivity index (χ0n) is 10.1. The number of carbonyl (C=O) groups is 1. The van der Waals surface area contributed by atoms with Gasteiger partial charge in [0.1, 0.15) is 0 Å². The van der Waals surface area contributed by atoms with Crippen molar-refractivity contribution < 1.29 is 4.79 Å². The first-order chi connectivity index (χ1) is 9.19. The highest BCUT2D eigenvalue weighted by molar-refractivity contribution is 9.10. The van der Waals surface area contributed by atoms with Gasteiger partial charge in [-0.1, -0.05) is 40.2 Å². The molecule has 0 bridgehead atoms. The lowest BCUT2D eigenvalue weighted by atomic mass is 10.1. The van der Waals surface area contributed by atoms with Gasteiger partial charge >= 0.3 is 0 Å². The van der Waals surface area contributed by atoms with Crippen molar-refractivity contribution >= 4 is 37.8 Å². The van der Waals surface area contributed by atoms with Gasteiger partial charge in [0.25, 0.3) is 5.91 Å². The first-order valence-electron chi connectivity index (χ1n) is 5.71. The van der Waals surface area contributed by atoms with Gasteiger partial charge < -0.3 is 5.32 Å². The second-order valence-electron chi connectivity index (χ2n) is 4.02. The van der Waals surface area contributed by atoms with Crippen LogP contribution in [0.2, 0.25) is 0 Å². The maximum absolute atomic E-state index is 11.9. The summed E-state index contributed by atoms with van der Waals surface area (Å²) >= 11 is 6.70. The van der Waals surface area contributed by atoms with Crippen molar-refractivity contribution in [3.8, 4) is 0 Å². The Balaban J connectivity index is 1.96. The van der Waals surface area contributed by atoms with E-state index in [4.69, 9.17) is 0 Å². The summed E-state index contributed by atoms with van der Waals surface area (Å²) in [6.45, 7) is 0.508. The van der Waals surface area contributed by atoms with E-state index in [1.54, 1.807) is 18.5 Å². The van der Waals surface area contributed by atoms with Crippen LogP contribution < -0.4 is 5.32 Å². The number of benzene rings is 1. The molecule has 5 heteroatoms. The number of nitrogens with one attached hydrogen (secondary N) is 1. The Morgan fingerprint density at radius 1 is 1.16 bits per heavy atom. The van der Waals surface area contributed by atoms with Crippen LogP contribution in [0.3, 0.4) is 0 Å². The fourth-order valence-corrected chi connectivity index (χ4v) is 2.31. The average Bonchev–Trinajstić information content (AvgIpc) is 2.45. The number of alkyl halides is 1. The highest BCUT2D eigenvalue weighted by Crippen LogP contribution is 2.10. The average molecular weight is 384 g/mol. The molecule has 1 N–H and O–H groups in total.